The summed E-state index contributed by atoms with van der Waals surface area (Å²) >= 11 is 2.17. The van der Waals surface area contributed by atoms with E-state index in [4.69, 9.17) is 0 Å². The molecule has 0 saturated heterocycles. The Balaban J connectivity index is 1.96. The predicted octanol–water partition coefficient (Wildman–Crippen LogP) is 3.71. The molecule has 126 valence electrons. The number of benzene rings is 2. The summed E-state index contributed by atoms with van der Waals surface area (Å²) < 4.78 is 1.04. The van der Waals surface area contributed by atoms with Crippen molar-refractivity contribution in [2.45, 2.75) is 6.92 Å². The highest BCUT2D eigenvalue weighted by Gasteiger charge is 2.28. The third-order valence-electron chi connectivity index (χ3n) is 3.64. The Kier molecular flexibility index (Phi) is 4.53. The maximum absolute atomic E-state index is 12.6. The predicted molar refractivity (Wildman–Crippen MR) is 102 cm³/mol. The van der Waals surface area contributed by atoms with Crippen LogP contribution in [0.25, 0.3) is 6.08 Å². The number of nitrogens with zero attached hydrogens (tertiary/aromatic N) is 3. The highest BCUT2D eigenvalue weighted by molar-refractivity contribution is 14.1. The second-order valence-electron chi connectivity index (χ2n) is 5.34. The van der Waals surface area contributed by atoms with Crippen molar-refractivity contribution in [3.05, 3.63) is 67.3 Å². The molecule has 1 amide bonds. The largest absolute Gasteiger partial charge is 0.502 e. The van der Waals surface area contributed by atoms with Gasteiger partial charge in [-0.3, -0.25) is 14.9 Å². The van der Waals surface area contributed by atoms with E-state index in [1.807, 2.05) is 12.1 Å². The molecule has 1 N–H and O–H groups in total. The van der Waals surface area contributed by atoms with E-state index in [0.717, 1.165) is 3.57 Å². The molecular weight excluding hydrogens is 437 g/mol. The summed E-state index contributed by atoms with van der Waals surface area (Å²) in [6.07, 6.45) is 1.53. The summed E-state index contributed by atoms with van der Waals surface area (Å²) in [4.78, 5) is 22.9. The maximum atomic E-state index is 12.6. The number of hydrazone groups is 1. The first-order valence-corrected chi connectivity index (χ1v) is 8.29. The number of carbonyl (C=O) groups excluding carboxylic acids is 1. The van der Waals surface area contributed by atoms with Crippen LogP contribution in [0.4, 0.5) is 11.4 Å². The Hall–Kier alpha value is -2.75. The van der Waals surface area contributed by atoms with Crippen LogP contribution in [0.1, 0.15) is 12.5 Å². The van der Waals surface area contributed by atoms with Gasteiger partial charge in [-0.1, -0.05) is 6.07 Å². The molecule has 0 aliphatic carbocycles. The molecule has 7 nitrogen and oxygen atoms in total. The van der Waals surface area contributed by atoms with Gasteiger partial charge in [-0.05, 0) is 71.5 Å². The van der Waals surface area contributed by atoms with Gasteiger partial charge in [0.05, 0.1) is 21.9 Å². The highest BCUT2D eigenvalue weighted by Crippen LogP contribution is 2.29. The summed E-state index contributed by atoms with van der Waals surface area (Å²) in [5, 5.41) is 26.0. The first kappa shape index (κ1) is 17.1. The van der Waals surface area contributed by atoms with Gasteiger partial charge < -0.3 is 5.11 Å². The Labute approximate surface area is 156 Å². The lowest BCUT2D eigenvalue weighted by Crippen LogP contribution is -2.21. The minimum Gasteiger partial charge on any atom is -0.502 e. The highest BCUT2D eigenvalue weighted by atomic mass is 127. The molecule has 1 heterocycles. The van der Waals surface area contributed by atoms with Gasteiger partial charge >= 0.3 is 5.69 Å². The topological polar surface area (TPSA) is 96.0 Å². The molecule has 0 bridgehead atoms. The van der Waals surface area contributed by atoms with Gasteiger partial charge in [0.1, 0.15) is 0 Å². The second kappa shape index (κ2) is 6.63. The first-order chi connectivity index (χ1) is 11.9. The molecule has 0 aromatic heterocycles. The lowest BCUT2D eigenvalue weighted by Gasteiger charge is -2.11. The van der Waals surface area contributed by atoms with Crippen molar-refractivity contribution in [1.29, 1.82) is 0 Å². The standard InChI is InChI=1S/C17H12IN3O4/c1-10-14(8-11-2-7-16(22)15(9-11)21(24)25)17(23)20(19-10)13-5-3-12(18)4-6-13/h2-9,22H,1H3/b14-8-. The average molecular weight is 449 g/mol. The van der Waals surface area contributed by atoms with Crippen LogP contribution in [0, 0.1) is 13.7 Å². The summed E-state index contributed by atoms with van der Waals surface area (Å²) in [6.45, 7) is 1.70. The Bertz CT molecular complexity index is 935. The zero-order valence-electron chi connectivity index (χ0n) is 13.0. The summed E-state index contributed by atoms with van der Waals surface area (Å²) in [6, 6.07) is 11.3. The molecule has 8 heteroatoms. The number of carbonyl (C=O) groups is 1. The average Bonchev–Trinajstić information content (AvgIpc) is 2.85. The quantitative estimate of drug-likeness (QED) is 0.335. The molecular formula is C17H12IN3O4. The van der Waals surface area contributed by atoms with Gasteiger partial charge in [-0.2, -0.15) is 10.1 Å². The number of amides is 1. The van der Waals surface area contributed by atoms with E-state index in [1.165, 1.54) is 29.3 Å². The van der Waals surface area contributed by atoms with Crippen LogP contribution in [0.2, 0.25) is 0 Å². The minimum atomic E-state index is -0.674. The number of phenolic OH excluding ortho intramolecular Hbond substituents is 1. The number of aromatic hydroxyl groups is 1. The van der Waals surface area contributed by atoms with E-state index >= 15 is 0 Å². The van der Waals surface area contributed by atoms with E-state index in [9.17, 15) is 20.0 Å². The normalized spacial score (nSPS) is 15.6. The summed E-state index contributed by atoms with van der Waals surface area (Å²) in [5.74, 6) is -0.731. The van der Waals surface area contributed by atoms with Crippen LogP contribution in [-0.2, 0) is 4.79 Å². The van der Waals surface area contributed by atoms with Gasteiger partial charge in [0.15, 0.2) is 5.75 Å². The van der Waals surface area contributed by atoms with E-state index in [1.54, 1.807) is 19.1 Å². The van der Waals surface area contributed by atoms with Crippen molar-refractivity contribution in [3.8, 4) is 5.75 Å². The maximum Gasteiger partial charge on any atom is 0.311 e. The van der Waals surface area contributed by atoms with E-state index in [0.29, 0.717) is 22.5 Å². The van der Waals surface area contributed by atoms with Gasteiger partial charge in [-0.15, -0.1) is 0 Å². The third-order valence-corrected chi connectivity index (χ3v) is 4.36. The number of nitro benzene ring substituents is 1. The molecule has 0 fully saturated rings. The molecule has 3 rings (SSSR count). The van der Waals surface area contributed by atoms with Crippen LogP contribution in [0.15, 0.2) is 53.1 Å². The Morgan fingerprint density at radius 1 is 1.24 bits per heavy atom. The molecule has 0 saturated carbocycles. The molecule has 0 atom stereocenters. The molecule has 2 aromatic rings. The summed E-state index contributed by atoms with van der Waals surface area (Å²) in [5.41, 5.74) is 1.53. The fourth-order valence-electron chi connectivity index (χ4n) is 2.38. The SMILES string of the molecule is CC1=NN(c2ccc(I)cc2)C(=O)/C1=C\c1ccc(O)c([N+](=O)[O-])c1. The molecule has 0 radical (unpaired) electrons. The molecule has 0 spiro atoms. The number of hydrogen-bond donors (Lipinski definition) is 1. The van der Waals surface area contributed by atoms with Crippen LogP contribution in [0.3, 0.4) is 0 Å². The molecule has 25 heavy (non-hydrogen) atoms. The van der Waals surface area contributed by atoms with Crippen LogP contribution < -0.4 is 5.01 Å². The number of rotatable bonds is 3. The number of anilines is 1. The number of nitro groups is 1. The van der Waals surface area contributed by atoms with E-state index in [-0.39, 0.29) is 5.91 Å². The second-order valence-corrected chi connectivity index (χ2v) is 6.59. The fraction of sp³-hybridized carbons (Fsp3) is 0.0588. The third kappa shape index (κ3) is 3.38. The van der Waals surface area contributed by atoms with E-state index in [2.05, 4.69) is 27.7 Å². The van der Waals surface area contributed by atoms with Crippen molar-refractivity contribution in [3.63, 3.8) is 0 Å². The van der Waals surface area contributed by atoms with Gasteiger partial charge in [0, 0.05) is 9.64 Å². The lowest BCUT2D eigenvalue weighted by molar-refractivity contribution is -0.385. The lowest BCUT2D eigenvalue weighted by atomic mass is 10.1. The van der Waals surface area contributed by atoms with Crippen molar-refractivity contribution in [1.82, 2.24) is 0 Å². The van der Waals surface area contributed by atoms with Crippen molar-refractivity contribution in [2.75, 3.05) is 5.01 Å². The van der Waals surface area contributed by atoms with Crippen molar-refractivity contribution >= 4 is 51.7 Å². The number of phenols is 1. The van der Waals surface area contributed by atoms with Gasteiger partial charge in [0.2, 0.25) is 0 Å². The van der Waals surface area contributed by atoms with Gasteiger partial charge in [0.25, 0.3) is 5.91 Å². The molecule has 1 aliphatic heterocycles. The van der Waals surface area contributed by atoms with Gasteiger partial charge in [-0.25, -0.2) is 0 Å². The first-order valence-electron chi connectivity index (χ1n) is 7.21. The summed E-state index contributed by atoms with van der Waals surface area (Å²) in [7, 11) is 0. The van der Waals surface area contributed by atoms with Crippen LogP contribution in [-0.4, -0.2) is 21.6 Å². The zero-order chi connectivity index (χ0) is 18.1. The molecule has 0 unspecified atom stereocenters. The number of hydrogen-bond acceptors (Lipinski definition) is 5. The van der Waals surface area contributed by atoms with E-state index < -0.39 is 16.4 Å². The molecule has 2 aromatic carbocycles. The Morgan fingerprint density at radius 3 is 2.56 bits per heavy atom. The Morgan fingerprint density at radius 2 is 1.92 bits per heavy atom. The van der Waals surface area contributed by atoms with Crippen molar-refractivity contribution in [2.24, 2.45) is 5.10 Å². The van der Waals surface area contributed by atoms with Crippen molar-refractivity contribution < 1.29 is 14.8 Å². The number of halogens is 1. The minimum absolute atomic E-state index is 0.311. The smallest absolute Gasteiger partial charge is 0.311 e. The zero-order valence-corrected chi connectivity index (χ0v) is 15.2. The van der Waals surface area contributed by atoms with Crippen LogP contribution in [0.5, 0.6) is 5.75 Å². The fourth-order valence-corrected chi connectivity index (χ4v) is 2.74. The van der Waals surface area contributed by atoms with Crippen LogP contribution >= 0.6 is 22.6 Å². The molecule has 1 aliphatic rings. The monoisotopic (exact) mass is 449 g/mol.